The third kappa shape index (κ3) is 2.97. The van der Waals surface area contributed by atoms with Gasteiger partial charge in [-0.05, 0) is 24.6 Å². The molecule has 0 amide bonds. The molecular weight excluding hydrogens is 208 g/mol. The van der Waals surface area contributed by atoms with E-state index in [1.54, 1.807) is 0 Å². The number of aromatic hydroxyl groups is 1. The summed E-state index contributed by atoms with van der Waals surface area (Å²) in [4.78, 5) is 10.7. The number of unbranched alkanes of at least 4 members (excludes halogenated alkanes) is 1. The molecule has 0 aliphatic carbocycles. The Kier molecular flexibility index (Phi) is 4.31. The minimum Gasteiger partial charge on any atom is -0.508 e. The fourth-order valence-corrected chi connectivity index (χ4v) is 1.51. The molecule has 0 aliphatic rings. The van der Waals surface area contributed by atoms with Gasteiger partial charge in [0.1, 0.15) is 5.75 Å². The Morgan fingerprint density at radius 3 is 2.69 bits per heavy atom. The Labute approximate surface area is 94.2 Å². The van der Waals surface area contributed by atoms with Crippen LogP contribution in [0.4, 0.5) is 0 Å². The zero-order chi connectivity index (χ0) is 12.1. The highest BCUT2D eigenvalue weighted by Gasteiger charge is 2.14. The van der Waals surface area contributed by atoms with Crippen LogP contribution in [0.25, 0.3) is 0 Å². The van der Waals surface area contributed by atoms with Crippen molar-refractivity contribution >= 4 is 5.97 Å². The van der Waals surface area contributed by atoms with Gasteiger partial charge in [-0.25, -0.2) is 4.79 Å². The van der Waals surface area contributed by atoms with Crippen LogP contribution < -0.4 is 0 Å². The number of phenols is 1. The van der Waals surface area contributed by atoms with Crippen molar-refractivity contribution in [1.29, 1.82) is 0 Å². The number of benzene rings is 1. The summed E-state index contributed by atoms with van der Waals surface area (Å²) in [5.74, 6) is -1.13. The number of carbonyl (C=O) groups is 1. The van der Waals surface area contributed by atoms with Crippen molar-refractivity contribution in [3.63, 3.8) is 0 Å². The van der Waals surface area contributed by atoms with E-state index in [-0.39, 0.29) is 16.9 Å². The number of carboxylic acids is 1. The summed E-state index contributed by atoms with van der Waals surface area (Å²) in [5.41, 5.74) is 0.358. The molecule has 0 saturated heterocycles. The van der Waals surface area contributed by atoms with E-state index in [4.69, 9.17) is 5.11 Å². The first kappa shape index (κ1) is 12.5. The van der Waals surface area contributed by atoms with E-state index in [0.717, 1.165) is 12.8 Å². The summed E-state index contributed by atoms with van der Waals surface area (Å²) in [6, 6.07) is 3.93. The van der Waals surface area contributed by atoms with Crippen molar-refractivity contribution in [2.45, 2.75) is 32.3 Å². The van der Waals surface area contributed by atoms with E-state index in [1.165, 1.54) is 18.2 Å². The molecule has 1 rings (SSSR count). The second-order valence-electron chi connectivity index (χ2n) is 3.74. The van der Waals surface area contributed by atoms with E-state index < -0.39 is 12.1 Å². The normalized spacial score (nSPS) is 12.4. The summed E-state index contributed by atoms with van der Waals surface area (Å²) in [6.45, 7) is 2.00. The van der Waals surface area contributed by atoms with Gasteiger partial charge in [0.25, 0.3) is 0 Å². The van der Waals surface area contributed by atoms with Crippen molar-refractivity contribution in [1.82, 2.24) is 0 Å². The van der Waals surface area contributed by atoms with Crippen molar-refractivity contribution in [3.05, 3.63) is 29.3 Å². The molecule has 0 unspecified atom stereocenters. The second-order valence-corrected chi connectivity index (χ2v) is 3.74. The molecule has 0 bridgehead atoms. The van der Waals surface area contributed by atoms with Crippen LogP contribution in [0, 0.1) is 0 Å². The maximum absolute atomic E-state index is 10.7. The smallest absolute Gasteiger partial charge is 0.335 e. The van der Waals surface area contributed by atoms with Crippen LogP contribution in [0.2, 0.25) is 0 Å². The monoisotopic (exact) mass is 224 g/mol. The molecule has 0 heterocycles. The first-order valence-electron chi connectivity index (χ1n) is 5.30. The minimum absolute atomic E-state index is 0.0615. The predicted molar refractivity (Wildman–Crippen MR) is 59.6 cm³/mol. The average Bonchev–Trinajstić information content (AvgIpc) is 2.26. The van der Waals surface area contributed by atoms with Gasteiger partial charge in [0.2, 0.25) is 0 Å². The highest BCUT2D eigenvalue weighted by Crippen LogP contribution is 2.28. The van der Waals surface area contributed by atoms with Crippen molar-refractivity contribution in [2.75, 3.05) is 0 Å². The number of rotatable bonds is 5. The van der Waals surface area contributed by atoms with E-state index in [2.05, 4.69) is 0 Å². The first-order chi connectivity index (χ1) is 7.56. The fourth-order valence-electron chi connectivity index (χ4n) is 1.51. The number of hydrogen-bond acceptors (Lipinski definition) is 3. The molecule has 1 atom stereocenters. The Bertz CT molecular complexity index is 373. The molecule has 0 spiro atoms. The zero-order valence-corrected chi connectivity index (χ0v) is 9.18. The summed E-state index contributed by atoms with van der Waals surface area (Å²) in [7, 11) is 0. The Hall–Kier alpha value is -1.55. The highest BCUT2D eigenvalue weighted by atomic mass is 16.4. The lowest BCUT2D eigenvalue weighted by molar-refractivity contribution is 0.0696. The fraction of sp³-hybridized carbons (Fsp3) is 0.417. The maximum Gasteiger partial charge on any atom is 0.335 e. The van der Waals surface area contributed by atoms with Gasteiger partial charge < -0.3 is 15.3 Å². The van der Waals surface area contributed by atoms with Crippen LogP contribution in [0.15, 0.2) is 18.2 Å². The molecule has 0 saturated carbocycles. The molecule has 4 heteroatoms. The third-order valence-electron chi connectivity index (χ3n) is 2.46. The Morgan fingerprint density at radius 2 is 2.12 bits per heavy atom. The maximum atomic E-state index is 10.7. The van der Waals surface area contributed by atoms with Gasteiger partial charge in [0, 0.05) is 5.56 Å². The van der Waals surface area contributed by atoms with Gasteiger partial charge in [-0.3, -0.25) is 0 Å². The topological polar surface area (TPSA) is 77.8 Å². The van der Waals surface area contributed by atoms with Crippen LogP contribution in [-0.4, -0.2) is 21.3 Å². The molecule has 1 aromatic carbocycles. The molecule has 4 nitrogen and oxygen atoms in total. The van der Waals surface area contributed by atoms with Crippen LogP contribution in [0.3, 0.4) is 0 Å². The van der Waals surface area contributed by atoms with Gasteiger partial charge in [-0.1, -0.05) is 19.8 Å². The SMILES string of the molecule is CCCC[C@H](O)c1cc(C(=O)O)ccc1O. The molecule has 0 aromatic heterocycles. The van der Waals surface area contributed by atoms with Gasteiger partial charge in [0.05, 0.1) is 11.7 Å². The zero-order valence-electron chi connectivity index (χ0n) is 9.18. The Balaban J connectivity index is 2.92. The summed E-state index contributed by atoms with van der Waals surface area (Å²) < 4.78 is 0. The van der Waals surface area contributed by atoms with Gasteiger partial charge in [-0.2, -0.15) is 0 Å². The predicted octanol–water partition coefficient (Wildman–Crippen LogP) is 2.31. The molecule has 88 valence electrons. The lowest BCUT2D eigenvalue weighted by atomic mass is 10.0. The number of aliphatic hydroxyl groups excluding tert-OH is 1. The molecular formula is C12H16O4. The van der Waals surface area contributed by atoms with Crippen LogP contribution in [-0.2, 0) is 0 Å². The molecule has 0 aliphatic heterocycles. The second kappa shape index (κ2) is 5.51. The van der Waals surface area contributed by atoms with E-state index >= 15 is 0 Å². The highest BCUT2D eigenvalue weighted by molar-refractivity contribution is 5.88. The number of aromatic carboxylic acids is 1. The van der Waals surface area contributed by atoms with Crippen LogP contribution >= 0.6 is 0 Å². The first-order valence-corrected chi connectivity index (χ1v) is 5.30. The lowest BCUT2D eigenvalue weighted by Gasteiger charge is -2.12. The Morgan fingerprint density at radius 1 is 1.44 bits per heavy atom. The van der Waals surface area contributed by atoms with E-state index in [1.807, 2.05) is 6.92 Å². The quantitative estimate of drug-likeness (QED) is 0.717. The summed E-state index contributed by atoms with van der Waals surface area (Å²) >= 11 is 0. The van der Waals surface area contributed by atoms with E-state index in [0.29, 0.717) is 6.42 Å². The van der Waals surface area contributed by atoms with Crippen LogP contribution in [0.1, 0.15) is 48.2 Å². The summed E-state index contributed by atoms with van der Waals surface area (Å²) in [5, 5.41) is 28.1. The molecule has 16 heavy (non-hydrogen) atoms. The molecule has 0 fully saturated rings. The van der Waals surface area contributed by atoms with Crippen molar-refractivity contribution < 1.29 is 20.1 Å². The lowest BCUT2D eigenvalue weighted by Crippen LogP contribution is -2.02. The minimum atomic E-state index is -1.07. The summed E-state index contributed by atoms with van der Waals surface area (Å²) in [6.07, 6.45) is 1.49. The van der Waals surface area contributed by atoms with Crippen LogP contribution in [0.5, 0.6) is 5.75 Å². The molecule has 3 N–H and O–H groups in total. The number of hydrogen-bond donors (Lipinski definition) is 3. The molecule has 0 radical (unpaired) electrons. The number of carboxylic acid groups (broad SMARTS) is 1. The third-order valence-corrected chi connectivity index (χ3v) is 2.46. The number of aliphatic hydroxyl groups is 1. The molecule has 1 aromatic rings. The average molecular weight is 224 g/mol. The standard InChI is InChI=1S/C12H16O4/c1-2-3-4-10(13)9-7-8(12(15)16)5-6-11(9)14/h5-7,10,13-14H,2-4H2,1H3,(H,15,16)/t10-/m0/s1. The van der Waals surface area contributed by atoms with Gasteiger partial charge in [0.15, 0.2) is 0 Å². The van der Waals surface area contributed by atoms with E-state index in [9.17, 15) is 15.0 Å². The van der Waals surface area contributed by atoms with Gasteiger partial charge in [-0.15, -0.1) is 0 Å². The number of phenolic OH excluding ortho intramolecular Hbond substituents is 1. The van der Waals surface area contributed by atoms with Crippen molar-refractivity contribution in [3.8, 4) is 5.75 Å². The van der Waals surface area contributed by atoms with Crippen molar-refractivity contribution in [2.24, 2.45) is 0 Å². The largest absolute Gasteiger partial charge is 0.508 e. The van der Waals surface area contributed by atoms with Gasteiger partial charge >= 0.3 is 5.97 Å².